The Labute approximate surface area is 242 Å². The molecule has 0 bridgehead atoms. The topological polar surface area (TPSA) is 177 Å². The van der Waals surface area contributed by atoms with Gasteiger partial charge in [-0.15, -0.1) is 0 Å². The number of carboxylic acid groups (broad SMARTS) is 1. The number of hydrogen-bond donors (Lipinski definition) is 4. The molecule has 0 saturated carbocycles. The monoisotopic (exact) mass is 599 g/mol. The van der Waals surface area contributed by atoms with Gasteiger partial charge in [-0.25, -0.2) is 18.4 Å². The molecular weight excluding hydrogens is 560 g/mol. The number of ether oxygens (including phenoxy) is 2. The van der Waals surface area contributed by atoms with Crippen LogP contribution in [0, 0.1) is 5.92 Å². The van der Waals surface area contributed by atoms with Crippen LogP contribution in [0.4, 0.5) is 13.6 Å². The van der Waals surface area contributed by atoms with E-state index in [2.05, 4.69) is 10.6 Å². The number of Topliss-reactive ketones (excluding diaryl/α,β-unsaturated/α-hetero) is 1. The first-order chi connectivity index (χ1) is 19.5. The fraction of sp³-hybridized carbons (Fsp3) is 0.571. The number of esters is 1. The molecule has 1 unspecified atom stereocenters. The van der Waals surface area contributed by atoms with Crippen LogP contribution in [0.1, 0.15) is 65.9 Å². The van der Waals surface area contributed by atoms with Crippen molar-refractivity contribution in [2.75, 3.05) is 0 Å². The Bertz CT molecular complexity index is 1090. The summed E-state index contributed by atoms with van der Waals surface area (Å²) in [4.78, 5) is 73.9. The van der Waals surface area contributed by atoms with Crippen molar-refractivity contribution in [3.63, 3.8) is 0 Å². The smallest absolute Gasteiger partial charge is 0.408 e. The van der Waals surface area contributed by atoms with E-state index < -0.39 is 72.2 Å². The second kappa shape index (κ2) is 17.0. The van der Waals surface area contributed by atoms with Crippen molar-refractivity contribution in [1.29, 1.82) is 0 Å². The lowest BCUT2D eigenvalue weighted by Gasteiger charge is -2.26. The number of nitrogens with one attached hydrogen (secondary N) is 3. The molecule has 42 heavy (non-hydrogen) atoms. The number of rotatable bonds is 16. The van der Waals surface area contributed by atoms with Crippen molar-refractivity contribution in [1.82, 2.24) is 16.0 Å². The lowest BCUT2D eigenvalue weighted by molar-refractivity contribution is -0.151. The van der Waals surface area contributed by atoms with Crippen molar-refractivity contribution in [3.05, 3.63) is 35.9 Å². The molecule has 0 radical (unpaired) electrons. The Morgan fingerprint density at radius 1 is 0.857 bits per heavy atom. The van der Waals surface area contributed by atoms with Gasteiger partial charge in [-0.3, -0.25) is 19.2 Å². The quantitative estimate of drug-likeness (QED) is 0.164. The van der Waals surface area contributed by atoms with Crippen LogP contribution in [0.2, 0.25) is 0 Å². The van der Waals surface area contributed by atoms with Crippen LogP contribution < -0.4 is 16.0 Å². The molecule has 0 fully saturated rings. The molecule has 0 spiro atoms. The highest BCUT2D eigenvalue weighted by molar-refractivity contribution is 6.35. The fourth-order valence-electron chi connectivity index (χ4n) is 3.60. The van der Waals surface area contributed by atoms with Crippen molar-refractivity contribution >= 4 is 35.6 Å². The number of carboxylic acids is 1. The van der Waals surface area contributed by atoms with Crippen LogP contribution in [0.3, 0.4) is 0 Å². The van der Waals surface area contributed by atoms with Gasteiger partial charge in [-0.05, 0) is 45.1 Å². The van der Waals surface area contributed by atoms with Crippen LogP contribution in [0.15, 0.2) is 30.3 Å². The van der Waals surface area contributed by atoms with Crippen LogP contribution in [0.5, 0.6) is 0 Å². The summed E-state index contributed by atoms with van der Waals surface area (Å²) in [5.74, 6) is -6.53. The third kappa shape index (κ3) is 14.5. The molecule has 0 aliphatic carbocycles. The third-order valence-corrected chi connectivity index (χ3v) is 5.48. The van der Waals surface area contributed by atoms with Gasteiger partial charge in [-0.2, -0.15) is 0 Å². The summed E-state index contributed by atoms with van der Waals surface area (Å²) in [6.45, 7) is 8.18. The highest BCUT2D eigenvalue weighted by Crippen LogP contribution is 2.12. The van der Waals surface area contributed by atoms with Gasteiger partial charge in [0.05, 0.1) is 0 Å². The molecule has 0 aliphatic rings. The lowest BCUT2D eigenvalue weighted by atomic mass is 10.0. The highest BCUT2D eigenvalue weighted by Gasteiger charge is 2.34. The number of aliphatic carboxylic acids is 1. The average Bonchev–Trinajstić information content (AvgIpc) is 2.87. The first kappa shape index (κ1) is 35.9. The van der Waals surface area contributed by atoms with Gasteiger partial charge in [-0.1, -0.05) is 44.2 Å². The van der Waals surface area contributed by atoms with E-state index in [1.165, 1.54) is 0 Å². The summed E-state index contributed by atoms with van der Waals surface area (Å²) < 4.78 is 36.4. The Kier molecular flexibility index (Phi) is 14.5. The van der Waals surface area contributed by atoms with Crippen LogP contribution in [0.25, 0.3) is 0 Å². The first-order valence-electron chi connectivity index (χ1n) is 13.3. The number of alkyl carbamates (subject to hydrolysis) is 1. The average molecular weight is 600 g/mol. The summed E-state index contributed by atoms with van der Waals surface area (Å²) in [6, 6.07) is 4.03. The second-order valence-corrected chi connectivity index (χ2v) is 10.9. The molecule has 12 nitrogen and oxygen atoms in total. The number of amides is 3. The van der Waals surface area contributed by atoms with Gasteiger partial charge >= 0.3 is 18.0 Å². The lowest BCUT2D eigenvalue weighted by Crippen LogP contribution is -2.57. The fourth-order valence-corrected chi connectivity index (χ4v) is 3.60. The third-order valence-electron chi connectivity index (χ3n) is 5.48. The van der Waals surface area contributed by atoms with Crippen molar-refractivity contribution in [2.24, 2.45) is 5.92 Å². The predicted molar refractivity (Wildman–Crippen MR) is 145 cm³/mol. The van der Waals surface area contributed by atoms with Gasteiger partial charge < -0.3 is 30.5 Å². The normalized spacial score (nSPS) is 13.5. The zero-order valence-corrected chi connectivity index (χ0v) is 24.3. The maximum atomic E-state index is 13.2. The largest absolute Gasteiger partial charge is 0.475 e. The molecule has 4 N–H and O–H groups in total. The Morgan fingerprint density at radius 2 is 1.43 bits per heavy atom. The minimum atomic E-state index is -3.10. The molecule has 3 atom stereocenters. The molecule has 1 aromatic carbocycles. The molecule has 1 aromatic rings. The number of halogens is 2. The minimum Gasteiger partial charge on any atom is -0.475 e. The summed E-state index contributed by atoms with van der Waals surface area (Å²) in [5, 5.41) is 15.7. The Hall–Kier alpha value is -4.10. The molecule has 1 rings (SSSR count). The maximum Gasteiger partial charge on any atom is 0.408 e. The number of hydrogen-bond acceptors (Lipinski definition) is 8. The van der Waals surface area contributed by atoms with E-state index in [9.17, 15) is 37.5 Å². The SMILES string of the molecule is CC(C)C[C@H](NC(=O)[C@H](CCC(=O)OCc1ccccc1)NC(=O)OC(C)(C)C)C(=O)NC(CC(F)F)C(=O)C(=O)O. The maximum absolute atomic E-state index is 13.2. The summed E-state index contributed by atoms with van der Waals surface area (Å²) in [7, 11) is 0. The molecule has 0 heterocycles. The Morgan fingerprint density at radius 3 is 1.95 bits per heavy atom. The standard InChI is InChI=1S/C28H39F2N3O9/c1-16(2)13-20(25(37)31-19(14-21(29)30)23(35)26(38)39)32-24(36)18(33-27(40)42-28(3,4)5)11-12-22(34)41-15-17-9-7-6-8-10-17/h6-10,16,18-21H,11-15H2,1-5H3,(H,31,37)(H,32,36)(H,33,40)(H,38,39)/t18-,19?,20-/m0/s1. The number of carbonyl (C=O) groups is 6. The molecule has 0 aromatic heterocycles. The number of benzene rings is 1. The molecule has 0 aliphatic heterocycles. The van der Waals surface area contributed by atoms with Gasteiger partial charge in [0.25, 0.3) is 5.78 Å². The van der Waals surface area contributed by atoms with Crippen molar-refractivity contribution in [3.8, 4) is 0 Å². The first-order valence-corrected chi connectivity index (χ1v) is 13.3. The van der Waals surface area contributed by atoms with Gasteiger partial charge in [0.15, 0.2) is 0 Å². The van der Waals surface area contributed by atoms with Crippen molar-refractivity contribution < 1.29 is 52.1 Å². The molecule has 14 heteroatoms. The summed E-state index contributed by atoms with van der Waals surface area (Å²) in [5.41, 5.74) is -0.183. The number of ketones is 1. The zero-order valence-electron chi connectivity index (χ0n) is 24.3. The van der Waals surface area contributed by atoms with Crippen LogP contribution in [-0.2, 0) is 40.1 Å². The van der Waals surface area contributed by atoms with Gasteiger partial charge in [0.1, 0.15) is 30.3 Å². The number of alkyl halides is 2. The van der Waals surface area contributed by atoms with E-state index in [0.717, 1.165) is 5.56 Å². The summed E-state index contributed by atoms with van der Waals surface area (Å²) in [6.07, 6.45) is -5.90. The van der Waals surface area contributed by atoms with Gasteiger partial charge in [0.2, 0.25) is 18.2 Å². The second-order valence-electron chi connectivity index (χ2n) is 10.9. The van der Waals surface area contributed by atoms with Crippen LogP contribution in [-0.4, -0.2) is 70.9 Å². The minimum absolute atomic E-state index is 0.0124. The highest BCUT2D eigenvalue weighted by atomic mass is 19.3. The van der Waals surface area contributed by atoms with E-state index in [0.29, 0.717) is 0 Å². The van der Waals surface area contributed by atoms with E-state index in [-0.39, 0.29) is 31.8 Å². The van der Waals surface area contributed by atoms with E-state index in [1.54, 1.807) is 65.0 Å². The van der Waals surface area contributed by atoms with E-state index in [1.807, 2.05) is 5.32 Å². The van der Waals surface area contributed by atoms with Crippen LogP contribution >= 0.6 is 0 Å². The van der Waals surface area contributed by atoms with E-state index in [4.69, 9.17) is 14.6 Å². The molecule has 0 saturated heterocycles. The molecule has 3 amide bonds. The molecular formula is C28H39F2N3O9. The Balaban J connectivity index is 3.06. The van der Waals surface area contributed by atoms with Crippen molar-refractivity contribution in [2.45, 2.75) is 97.1 Å². The van der Waals surface area contributed by atoms with Gasteiger partial charge in [0, 0.05) is 12.8 Å². The zero-order chi connectivity index (χ0) is 32.0. The van der Waals surface area contributed by atoms with E-state index >= 15 is 0 Å². The molecule has 234 valence electrons. The number of carbonyl (C=O) groups excluding carboxylic acids is 5. The predicted octanol–water partition coefficient (Wildman–Crippen LogP) is 2.73. The summed E-state index contributed by atoms with van der Waals surface area (Å²) >= 11 is 0.